The van der Waals surface area contributed by atoms with Crippen molar-refractivity contribution in [2.24, 2.45) is 5.92 Å². The zero-order chi connectivity index (χ0) is 19.4. The van der Waals surface area contributed by atoms with Crippen molar-refractivity contribution >= 4 is 29.2 Å². The van der Waals surface area contributed by atoms with Crippen LogP contribution >= 0.6 is 0 Å². The van der Waals surface area contributed by atoms with E-state index in [1.54, 1.807) is 47.5 Å². The smallest absolute Gasteiger partial charge is 0.355 e. The number of carbonyl (C=O) groups excluding carboxylic acids is 3. The van der Waals surface area contributed by atoms with Crippen molar-refractivity contribution in [1.29, 1.82) is 0 Å². The van der Waals surface area contributed by atoms with Crippen molar-refractivity contribution in [2.75, 3.05) is 24.4 Å². The number of nitrogens with one attached hydrogen (secondary N) is 1. The minimum atomic E-state index is -0.669. The molecule has 0 unspecified atom stereocenters. The fourth-order valence-corrected chi connectivity index (χ4v) is 2.66. The molecular weight excluding hydrogens is 348 g/mol. The highest BCUT2D eigenvalue weighted by molar-refractivity contribution is 6.05. The highest BCUT2D eigenvalue weighted by atomic mass is 16.5. The van der Waals surface area contributed by atoms with Gasteiger partial charge < -0.3 is 19.7 Å². The highest BCUT2D eigenvalue weighted by Gasteiger charge is 2.30. The molecule has 0 spiro atoms. The fourth-order valence-electron chi connectivity index (χ4n) is 2.66. The van der Waals surface area contributed by atoms with E-state index in [-0.39, 0.29) is 23.1 Å². The first-order valence-electron chi connectivity index (χ1n) is 8.51. The first kappa shape index (κ1) is 18.4. The van der Waals surface area contributed by atoms with Crippen LogP contribution in [0.2, 0.25) is 0 Å². The van der Waals surface area contributed by atoms with Crippen LogP contribution in [-0.4, -0.2) is 32.1 Å². The standard InChI is InChI=1S/C20H20N2O5/c1-26-19(24)16-5-3-4-12-22(17(16)20(25)27-2)15-10-8-14(9-11-15)21-18(23)13-6-7-13/h3-5,8-13H,6-7H2,1-2H3,(H,21,23). The molecule has 1 aromatic carbocycles. The molecule has 0 radical (unpaired) electrons. The van der Waals surface area contributed by atoms with Crippen molar-refractivity contribution in [3.63, 3.8) is 0 Å². The summed E-state index contributed by atoms with van der Waals surface area (Å²) in [5.74, 6) is -1.18. The summed E-state index contributed by atoms with van der Waals surface area (Å²) < 4.78 is 9.65. The van der Waals surface area contributed by atoms with E-state index in [0.29, 0.717) is 11.4 Å². The average Bonchev–Trinajstić information content (AvgIpc) is 3.53. The van der Waals surface area contributed by atoms with E-state index in [1.165, 1.54) is 20.3 Å². The lowest BCUT2D eigenvalue weighted by molar-refractivity contribution is -0.139. The molecule has 7 heteroatoms. The van der Waals surface area contributed by atoms with Crippen LogP contribution in [0.1, 0.15) is 12.8 Å². The molecule has 7 nitrogen and oxygen atoms in total. The van der Waals surface area contributed by atoms with Crippen LogP contribution in [0, 0.1) is 5.92 Å². The summed E-state index contributed by atoms with van der Waals surface area (Å²) in [4.78, 5) is 37.9. The molecule has 2 aliphatic rings. The summed E-state index contributed by atoms with van der Waals surface area (Å²) in [7, 11) is 2.50. The normalized spacial score (nSPS) is 16.0. The van der Waals surface area contributed by atoms with Gasteiger partial charge in [0.05, 0.1) is 19.8 Å². The van der Waals surface area contributed by atoms with E-state index in [2.05, 4.69) is 5.32 Å². The molecule has 1 heterocycles. The summed E-state index contributed by atoms with van der Waals surface area (Å²) in [5.41, 5.74) is 1.43. The molecule has 1 saturated carbocycles. The third-order valence-corrected chi connectivity index (χ3v) is 4.25. The summed E-state index contributed by atoms with van der Waals surface area (Å²) in [6.45, 7) is 0. The molecule has 0 atom stereocenters. The monoisotopic (exact) mass is 368 g/mol. The Hall–Kier alpha value is -3.35. The van der Waals surface area contributed by atoms with Crippen LogP contribution in [0.15, 0.2) is 60.0 Å². The molecule has 27 heavy (non-hydrogen) atoms. The van der Waals surface area contributed by atoms with Crippen LogP contribution in [0.5, 0.6) is 0 Å². The summed E-state index contributed by atoms with van der Waals surface area (Å²) in [6.07, 6.45) is 8.34. The van der Waals surface area contributed by atoms with Crippen LogP contribution < -0.4 is 10.2 Å². The first-order valence-corrected chi connectivity index (χ1v) is 8.51. The van der Waals surface area contributed by atoms with Crippen molar-refractivity contribution < 1.29 is 23.9 Å². The van der Waals surface area contributed by atoms with Crippen molar-refractivity contribution in [3.05, 3.63) is 60.0 Å². The second-order valence-electron chi connectivity index (χ2n) is 6.13. The van der Waals surface area contributed by atoms with Gasteiger partial charge in [-0.3, -0.25) is 4.79 Å². The predicted octanol–water partition coefficient (Wildman–Crippen LogP) is 2.53. The first-order chi connectivity index (χ1) is 13.0. The van der Waals surface area contributed by atoms with Gasteiger partial charge in [-0.25, -0.2) is 9.59 Å². The molecule has 140 valence electrons. The van der Waals surface area contributed by atoms with Gasteiger partial charge in [-0.2, -0.15) is 0 Å². The minimum absolute atomic E-state index is 0.0183. The Morgan fingerprint density at radius 1 is 1.00 bits per heavy atom. The number of methoxy groups -OCH3 is 2. The Kier molecular flexibility index (Phi) is 5.40. The zero-order valence-corrected chi connectivity index (χ0v) is 15.1. The Labute approximate surface area is 156 Å². The predicted molar refractivity (Wildman–Crippen MR) is 99.6 cm³/mol. The largest absolute Gasteiger partial charge is 0.465 e. The van der Waals surface area contributed by atoms with E-state index in [9.17, 15) is 14.4 Å². The van der Waals surface area contributed by atoms with Crippen LogP contribution in [0.4, 0.5) is 11.4 Å². The number of amides is 1. The maximum atomic E-state index is 12.4. The molecule has 1 amide bonds. The highest BCUT2D eigenvalue weighted by Crippen LogP contribution is 2.31. The quantitative estimate of drug-likeness (QED) is 0.804. The molecule has 1 fully saturated rings. The number of ether oxygens (including phenoxy) is 2. The maximum Gasteiger partial charge on any atom is 0.355 e. The van der Waals surface area contributed by atoms with Crippen LogP contribution in [-0.2, 0) is 23.9 Å². The van der Waals surface area contributed by atoms with E-state index in [0.717, 1.165) is 12.8 Å². The van der Waals surface area contributed by atoms with E-state index >= 15 is 0 Å². The topological polar surface area (TPSA) is 84.9 Å². The van der Waals surface area contributed by atoms with Gasteiger partial charge >= 0.3 is 11.9 Å². The SMILES string of the molecule is COC(=O)C1=C(C(=O)OC)N(c2ccc(NC(=O)C3CC3)cc2)C=CC=C1. The van der Waals surface area contributed by atoms with Gasteiger partial charge in [0.25, 0.3) is 0 Å². The van der Waals surface area contributed by atoms with Gasteiger partial charge in [0.15, 0.2) is 0 Å². The van der Waals surface area contributed by atoms with Gasteiger partial charge in [0.1, 0.15) is 5.70 Å². The fraction of sp³-hybridized carbons (Fsp3) is 0.250. The molecule has 1 aliphatic heterocycles. The van der Waals surface area contributed by atoms with Crippen molar-refractivity contribution in [2.45, 2.75) is 12.8 Å². The Balaban J connectivity index is 1.93. The number of carbonyl (C=O) groups is 3. The molecule has 1 N–H and O–H groups in total. The Bertz CT molecular complexity index is 848. The molecule has 0 aromatic heterocycles. The average molecular weight is 368 g/mol. The lowest BCUT2D eigenvalue weighted by atomic mass is 10.1. The van der Waals surface area contributed by atoms with Gasteiger partial charge in [0, 0.05) is 23.5 Å². The second kappa shape index (κ2) is 7.90. The van der Waals surface area contributed by atoms with Crippen molar-refractivity contribution in [3.8, 4) is 0 Å². The number of esters is 2. The van der Waals surface area contributed by atoms with Crippen LogP contribution in [0.25, 0.3) is 0 Å². The van der Waals surface area contributed by atoms with E-state index in [4.69, 9.17) is 9.47 Å². The number of nitrogens with zero attached hydrogens (tertiary/aromatic N) is 1. The third-order valence-electron chi connectivity index (χ3n) is 4.25. The van der Waals surface area contributed by atoms with Gasteiger partial charge in [-0.15, -0.1) is 0 Å². The van der Waals surface area contributed by atoms with E-state index < -0.39 is 11.9 Å². The number of rotatable bonds is 5. The molecule has 0 bridgehead atoms. The zero-order valence-electron chi connectivity index (χ0n) is 15.1. The van der Waals surface area contributed by atoms with Gasteiger partial charge in [0.2, 0.25) is 5.91 Å². The van der Waals surface area contributed by atoms with Gasteiger partial charge in [-0.1, -0.05) is 6.08 Å². The third kappa shape index (κ3) is 4.08. The minimum Gasteiger partial charge on any atom is -0.465 e. The molecule has 3 rings (SSSR count). The molecule has 0 saturated heterocycles. The second-order valence-corrected chi connectivity index (χ2v) is 6.13. The molecular formula is C20H20N2O5. The Morgan fingerprint density at radius 2 is 1.67 bits per heavy atom. The maximum absolute atomic E-state index is 12.4. The van der Waals surface area contributed by atoms with Crippen molar-refractivity contribution in [1.82, 2.24) is 0 Å². The lowest BCUT2D eigenvalue weighted by Gasteiger charge is -2.23. The summed E-state index contributed by atoms with van der Waals surface area (Å²) >= 11 is 0. The number of allylic oxidation sites excluding steroid dienone is 2. The van der Waals surface area contributed by atoms with E-state index in [1.807, 2.05) is 0 Å². The summed E-state index contributed by atoms with van der Waals surface area (Å²) in [6, 6.07) is 6.98. The lowest BCUT2D eigenvalue weighted by Crippen LogP contribution is -2.27. The number of benzene rings is 1. The van der Waals surface area contributed by atoms with Gasteiger partial charge in [-0.05, 0) is 49.3 Å². The summed E-state index contributed by atoms with van der Waals surface area (Å²) in [5, 5.41) is 2.86. The number of anilines is 2. The molecule has 1 aliphatic carbocycles. The number of hydrogen-bond acceptors (Lipinski definition) is 6. The molecule has 1 aromatic rings. The van der Waals surface area contributed by atoms with Crippen LogP contribution in [0.3, 0.4) is 0 Å². The Morgan fingerprint density at radius 3 is 2.26 bits per heavy atom. The number of hydrogen-bond donors (Lipinski definition) is 1.